The van der Waals surface area contributed by atoms with Crippen molar-refractivity contribution < 1.29 is 0 Å². The van der Waals surface area contributed by atoms with Crippen LogP contribution in [0.2, 0.25) is 5.02 Å². The van der Waals surface area contributed by atoms with E-state index < -0.39 is 0 Å². The van der Waals surface area contributed by atoms with Crippen LogP contribution in [0.4, 0.5) is 5.69 Å². The number of nitrogens with zero attached hydrogens (tertiary/aromatic N) is 4. The highest BCUT2D eigenvalue weighted by atomic mass is 35.5. The van der Waals surface area contributed by atoms with Crippen LogP contribution in [0.5, 0.6) is 0 Å². The second-order valence-corrected chi connectivity index (χ2v) is 5.29. The van der Waals surface area contributed by atoms with Crippen LogP contribution in [-0.2, 0) is 13.0 Å². The molecule has 8 heteroatoms. The second-order valence-electron chi connectivity index (χ2n) is 4.92. The lowest BCUT2D eigenvalue weighted by Gasteiger charge is -2.12. The Kier molecular flexibility index (Phi) is 5.35. The van der Waals surface area contributed by atoms with Crippen molar-refractivity contribution in [2.75, 3.05) is 32.5 Å². The van der Waals surface area contributed by atoms with Crippen LogP contribution in [0, 0.1) is 0 Å². The number of anilines is 1. The fraction of sp³-hybridized carbons (Fsp3) is 0.462. The first kappa shape index (κ1) is 15.5. The summed E-state index contributed by atoms with van der Waals surface area (Å²) < 4.78 is 1.38. The Bertz CT molecular complexity index is 622. The molecule has 0 aliphatic heterocycles. The number of hydrogen-bond acceptors (Lipinski definition) is 5. The van der Waals surface area contributed by atoms with Gasteiger partial charge in [0.05, 0.1) is 18.4 Å². The van der Waals surface area contributed by atoms with Crippen molar-refractivity contribution in [2.45, 2.75) is 13.0 Å². The van der Waals surface area contributed by atoms with Crippen LogP contribution in [0.3, 0.4) is 0 Å². The van der Waals surface area contributed by atoms with E-state index in [0.717, 1.165) is 12.4 Å². The molecular weight excluding hydrogens is 292 g/mol. The third-order valence-electron chi connectivity index (χ3n) is 2.98. The zero-order valence-electron chi connectivity index (χ0n) is 12.1. The maximum Gasteiger partial charge on any atom is 0.287 e. The summed E-state index contributed by atoms with van der Waals surface area (Å²) in [6.07, 6.45) is 5.78. The van der Waals surface area contributed by atoms with Crippen LogP contribution in [0.25, 0.3) is 0 Å². The van der Waals surface area contributed by atoms with Gasteiger partial charge in [-0.1, -0.05) is 11.6 Å². The minimum atomic E-state index is -0.276. The molecule has 21 heavy (non-hydrogen) atoms. The van der Waals surface area contributed by atoms with E-state index in [2.05, 4.69) is 20.4 Å². The first-order chi connectivity index (χ1) is 10.1. The first-order valence-corrected chi connectivity index (χ1v) is 7.08. The van der Waals surface area contributed by atoms with Gasteiger partial charge in [-0.3, -0.25) is 4.79 Å². The fourth-order valence-corrected chi connectivity index (χ4v) is 2.01. The standard InChI is InChI=1S/C13H19ClN6O/c1-19(2)7-8-20-13(21)12(14)10(9-18-20)15-4-3-11-16-5-6-17-11/h5-6,9,15H,3-4,7-8H2,1-2H3,(H,16,17). The van der Waals surface area contributed by atoms with Crippen molar-refractivity contribution in [1.82, 2.24) is 24.6 Å². The Hall–Kier alpha value is -1.86. The Morgan fingerprint density at radius 1 is 1.48 bits per heavy atom. The molecule has 0 saturated carbocycles. The van der Waals surface area contributed by atoms with Gasteiger partial charge < -0.3 is 15.2 Å². The number of H-pyrrole nitrogens is 1. The molecule has 114 valence electrons. The zero-order valence-corrected chi connectivity index (χ0v) is 12.9. The van der Waals surface area contributed by atoms with E-state index in [0.29, 0.717) is 25.2 Å². The number of likely N-dealkylation sites (N-methyl/N-ethyl adjacent to an activating group) is 1. The van der Waals surface area contributed by atoms with Gasteiger partial charge in [0.25, 0.3) is 5.56 Å². The van der Waals surface area contributed by atoms with Crippen molar-refractivity contribution >= 4 is 17.3 Å². The highest BCUT2D eigenvalue weighted by Crippen LogP contribution is 2.14. The number of aromatic nitrogens is 4. The normalized spacial score (nSPS) is 11.0. The van der Waals surface area contributed by atoms with Crippen LogP contribution in [-0.4, -0.2) is 51.8 Å². The number of hydrogen-bond donors (Lipinski definition) is 2. The molecule has 0 aromatic carbocycles. The summed E-state index contributed by atoms with van der Waals surface area (Å²) in [7, 11) is 3.88. The molecule has 7 nitrogen and oxygen atoms in total. The maximum absolute atomic E-state index is 12.1. The number of halogens is 1. The summed E-state index contributed by atoms with van der Waals surface area (Å²) in [5.41, 5.74) is 0.274. The molecule has 2 heterocycles. The molecule has 0 fully saturated rings. The molecule has 0 atom stereocenters. The molecule has 2 N–H and O–H groups in total. The SMILES string of the molecule is CN(C)CCn1ncc(NCCc2ncc[nH]2)c(Cl)c1=O. The minimum absolute atomic E-state index is 0.170. The average molecular weight is 311 g/mol. The van der Waals surface area contributed by atoms with Gasteiger partial charge in [-0.05, 0) is 14.1 Å². The monoisotopic (exact) mass is 310 g/mol. The quantitative estimate of drug-likeness (QED) is 0.792. The van der Waals surface area contributed by atoms with Crippen LogP contribution in [0.15, 0.2) is 23.4 Å². The van der Waals surface area contributed by atoms with Crippen LogP contribution >= 0.6 is 11.6 Å². The smallest absolute Gasteiger partial charge is 0.287 e. The molecular formula is C13H19ClN6O. The van der Waals surface area contributed by atoms with Gasteiger partial charge in [-0.15, -0.1) is 0 Å². The van der Waals surface area contributed by atoms with Crippen molar-refractivity contribution in [2.24, 2.45) is 0 Å². The van der Waals surface area contributed by atoms with Gasteiger partial charge in [-0.2, -0.15) is 5.10 Å². The Balaban J connectivity index is 1.97. The zero-order chi connectivity index (χ0) is 15.2. The van der Waals surface area contributed by atoms with Crippen molar-refractivity contribution in [3.63, 3.8) is 0 Å². The van der Waals surface area contributed by atoms with Crippen LogP contribution in [0.1, 0.15) is 5.82 Å². The summed E-state index contributed by atoms with van der Waals surface area (Å²) in [6.45, 7) is 1.86. The number of aromatic amines is 1. The van der Waals surface area contributed by atoms with Gasteiger partial charge in [0.15, 0.2) is 0 Å². The molecule has 2 aromatic rings. The summed E-state index contributed by atoms with van der Waals surface area (Å²) in [5.74, 6) is 0.880. The lowest BCUT2D eigenvalue weighted by atomic mass is 10.3. The van der Waals surface area contributed by atoms with E-state index >= 15 is 0 Å². The summed E-state index contributed by atoms with van der Waals surface area (Å²) in [6, 6.07) is 0. The number of rotatable bonds is 7. The van der Waals surface area contributed by atoms with Gasteiger partial charge in [-0.25, -0.2) is 9.67 Å². The molecule has 0 aliphatic rings. The van der Waals surface area contributed by atoms with Gasteiger partial charge in [0.1, 0.15) is 10.8 Å². The third-order valence-corrected chi connectivity index (χ3v) is 3.34. The average Bonchev–Trinajstić information content (AvgIpc) is 2.95. The molecule has 0 bridgehead atoms. The molecule has 0 spiro atoms. The molecule has 0 saturated heterocycles. The van der Waals surface area contributed by atoms with E-state index in [-0.39, 0.29) is 10.6 Å². The van der Waals surface area contributed by atoms with E-state index in [4.69, 9.17) is 11.6 Å². The van der Waals surface area contributed by atoms with Crippen LogP contribution < -0.4 is 10.9 Å². The first-order valence-electron chi connectivity index (χ1n) is 6.70. The summed E-state index contributed by atoms with van der Waals surface area (Å²) >= 11 is 6.10. The van der Waals surface area contributed by atoms with E-state index in [1.807, 2.05) is 19.0 Å². The minimum Gasteiger partial charge on any atom is -0.382 e. The predicted octanol–water partition coefficient (Wildman–Crippen LogP) is 0.836. The van der Waals surface area contributed by atoms with Gasteiger partial charge >= 0.3 is 0 Å². The Morgan fingerprint density at radius 2 is 2.29 bits per heavy atom. The molecule has 2 aromatic heterocycles. The summed E-state index contributed by atoms with van der Waals surface area (Å²) in [5, 5.41) is 7.41. The van der Waals surface area contributed by atoms with E-state index in [9.17, 15) is 4.79 Å². The number of nitrogens with one attached hydrogen (secondary N) is 2. The summed E-state index contributed by atoms with van der Waals surface area (Å²) in [4.78, 5) is 21.2. The molecule has 0 aliphatic carbocycles. The highest BCUT2D eigenvalue weighted by molar-refractivity contribution is 6.32. The second kappa shape index (κ2) is 7.24. The maximum atomic E-state index is 12.1. The van der Waals surface area contributed by atoms with E-state index in [1.165, 1.54) is 4.68 Å². The van der Waals surface area contributed by atoms with Crippen molar-refractivity contribution in [3.8, 4) is 0 Å². The predicted molar refractivity (Wildman–Crippen MR) is 82.8 cm³/mol. The largest absolute Gasteiger partial charge is 0.382 e. The lowest BCUT2D eigenvalue weighted by Crippen LogP contribution is -2.29. The Labute approximate surface area is 127 Å². The third kappa shape index (κ3) is 4.30. The fourth-order valence-electron chi connectivity index (χ4n) is 1.79. The number of imidazole rings is 1. The molecule has 0 unspecified atom stereocenters. The van der Waals surface area contributed by atoms with Gasteiger partial charge in [0, 0.05) is 31.9 Å². The lowest BCUT2D eigenvalue weighted by molar-refractivity contribution is 0.367. The highest BCUT2D eigenvalue weighted by Gasteiger charge is 2.09. The van der Waals surface area contributed by atoms with E-state index in [1.54, 1.807) is 18.6 Å². The molecule has 0 amide bonds. The van der Waals surface area contributed by atoms with Crippen molar-refractivity contribution in [3.05, 3.63) is 39.8 Å². The topological polar surface area (TPSA) is 78.8 Å². The Morgan fingerprint density at radius 3 is 2.95 bits per heavy atom. The van der Waals surface area contributed by atoms with Crippen molar-refractivity contribution in [1.29, 1.82) is 0 Å². The van der Waals surface area contributed by atoms with Gasteiger partial charge in [0.2, 0.25) is 0 Å². The molecule has 0 radical (unpaired) electrons. The molecule has 2 rings (SSSR count).